The van der Waals surface area contributed by atoms with E-state index in [-0.39, 0.29) is 9.39 Å². The Bertz CT molecular complexity index is 459. The van der Waals surface area contributed by atoms with Crippen molar-refractivity contribution in [3.05, 3.63) is 34.2 Å². The quantitative estimate of drug-likeness (QED) is 0.845. The van der Waals surface area contributed by atoms with Crippen LogP contribution in [0.2, 0.25) is 0 Å². The minimum absolute atomic E-state index is 0.113. The maximum absolute atomic E-state index is 11.6. The molecule has 0 N–H and O–H groups in total. The van der Waals surface area contributed by atoms with Crippen molar-refractivity contribution in [3.63, 3.8) is 0 Å². The molecule has 0 fully saturated rings. The lowest BCUT2D eigenvalue weighted by atomic mass is 10.3. The molecule has 6 heteroatoms. The summed E-state index contributed by atoms with van der Waals surface area (Å²) in [6.45, 7) is 0. The number of hydrogen-bond acceptors (Lipinski definition) is 3. The zero-order chi connectivity index (χ0) is 11.5. The minimum Gasteiger partial charge on any atom is -0.497 e. The molecular weight excluding hydrogens is 259 g/mol. The maximum Gasteiger partial charge on any atom is 0.202 e. The van der Waals surface area contributed by atoms with Crippen LogP contribution in [0.5, 0.6) is 5.75 Å². The average Bonchev–Trinajstić information content (AvgIpc) is 2.16. The molecule has 15 heavy (non-hydrogen) atoms. The van der Waals surface area contributed by atoms with E-state index in [1.807, 2.05) is 0 Å². The lowest BCUT2D eigenvalue weighted by Crippen LogP contribution is -1.96. The molecule has 0 bridgehead atoms. The van der Waals surface area contributed by atoms with Crippen molar-refractivity contribution in [1.29, 1.82) is 0 Å². The highest BCUT2D eigenvalue weighted by molar-refractivity contribution is 7.94. The van der Waals surface area contributed by atoms with Crippen LogP contribution in [0, 0.1) is 0 Å². The molecule has 1 aromatic rings. The van der Waals surface area contributed by atoms with Crippen molar-refractivity contribution in [2.45, 2.75) is 4.90 Å². The van der Waals surface area contributed by atoms with E-state index in [0.717, 1.165) is 5.41 Å². The molecule has 0 unspecified atom stereocenters. The van der Waals surface area contributed by atoms with E-state index in [0.29, 0.717) is 5.75 Å². The average molecular weight is 267 g/mol. The van der Waals surface area contributed by atoms with E-state index < -0.39 is 9.84 Å². The first-order chi connectivity index (χ1) is 6.95. The van der Waals surface area contributed by atoms with Gasteiger partial charge in [0.25, 0.3) is 0 Å². The van der Waals surface area contributed by atoms with Crippen molar-refractivity contribution >= 4 is 33.0 Å². The summed E-state index contributed by atoms with van der Waals surface area (Å²) in [6, 6.07) is 5.93. The van der Waals surface area contributed by atoms with Gasteiger partial charge in [-0.15, -0.1) is 0 Å². The number of halogens is 2. The summed E-state index contributed by atoms with van der Waals surface area (Å²) in [5, 5.41) is 0.790. The number of methoxy groups -OCH3 is 1. The molecule has 0 aliphatic carbocycles. The Kier molecular flexibility index (Phi) is 4.02. The summed E-state index contributed by atoms with van der Waals surface area (Å²) in [4.78, 5) is 0.113. The Morgan fingerprint density at radius 2 is 1.80 bits per heavy atom. The van der Waals surface area contributed by atoms with Gasteiger partial charge < -0.3 is 4.74 Å². The van der Waals surface area contributed by atoms with Gasteiger partial charge in [-0.2, -0.15) is 0 Å². The monoisotopic (exact) mass is 266 g/mol. The van der Waals surface area contributed by atoms with Crippen molar-refractivity contribution in [2.24, 2.45) is 0 Å². The van der Waals surface area contributed by atoms with E-state index in [1.165, 1.54) is 19.2 Å². The molecule has 0 aliphatic heterocycles. The van der Waals surface area contributed by atoms with E-state index in [4.69, 9.17) is 27.9 Å². The zero-order valence-electron chi connectivity index (χ0n) is 7.78. The first kappa shape index (κ1) is 12.4. The summed E-state index contributed by atoms with van der Waals surface area (Å²) >= 11 is 10.6. The Morgan fingerprint density at radius 1 is 1.27 bits per heavy atom. The first-order valence-electron chi connectivity index (χ1n) is 3.87. The van der Waals surface area contributed by atoms with Gasteiger partial charge in [-0.3, -0.25) is 0 Å². The number of hydrogen-bond donors (Lipinski definition) is 0. The molecule has 0 aliphatic rings. The van der Waals surface area contributed by atoms with Crippen LogP contribution in [0.1, 0.15) is 0 Å². The third-order valence-electron chi connectivity index (χ3n) is 1.63. The van der Waals surface area contributed by atoms with Gasteiger partial charge in [0.05, 0.1) is 17.4 Å². The summed E-state index contributed by atoms with van der Waals surface area (Å²) < 4.78 is 27.7. The molecule has 0 radical (unpaired) electrons. The third-order valence-corrected chi connectivity index (χ3v) is 3.58. The van der Waals surface area contributed by atoms with Gasteiger partial charge in [0.1, 0.15) is 10.2 Å². The van der Waals surface area contributed by atoms with Crippen LogP contribution >= 0.6 is 23.2 Å². The molecule has 0 heterocycles. The van der Waals surface area contributed by atoms with Crippen molar-refractivity contribution in [3.8, 4) is 5.75 Å². The second-order valence-electron chi connectivity index (χ2n) is 2.63. The molecule has 82 valence electrons. The summed E-state index contributed by atoms with van der Waals surface area (Å²) in [7, 11) is -2.07. The Morgan fingerprint density at radius 3 is 2.20 bits per heavy atom. The maximum atomic E-state index is 11.6. The summed E-state index contributed by atoms with van der Waals surface area (Å²) in [5.74, 6) is 0.579. The zero-order valence-corrected chi connectivity index (χ0v) is 10.1. The number of sulfone groups is 1. The van der Waals surface area contributed by atoms with E-state index >= 15 is 0 Å². The highest BCUT2D eigenvalue weighted by atomic mass is 35.5. The predicted molar refractivity (Wildman–Crippen MR) is 60.0 cm³/mol. The first-order valence-corrected chi connectivity index (χ1v) is 6.18. The fraction of sp³-hybridized carbons (Fsp3) is 0.111. The Hall–Kier alpha value is -0.710. The van der Waals surface area contributed by atoms with Gasteiger partial charge in [-0.25, -0.2) is 8.42 Å². The van der Waals surface area contributed by atoms with Crippen molar-refractivity contribution < 1.29 is 13.2 Å². The number of ether oxygens (including phenoxy) is 1. The Balaban J connectivity index is 3.12. The highest BCUT2D eigenvalue weighted by Crippen LogP contribution is 2.20. The SMILES string of the molecule is COc1ccc(S(=O)(=O)C=C(Cl)Cl)cc1. The minimum atomic E-state index is -3.57. The van der Waals surface area contributed by atoms with Crippen LogP contribution in [0.3, 0.4) is 0 Å². The lowest BCUT2D eigenvalue weighted by Gasteiger charge is -2.01. The van der Waals surface area contributed by atoms with Gasteiger partial charge >= 0.3 is 0 Å². The molecule has 0 atom stereocenters. The van der Waals surface area contributed by atoms with Crippen LogP contribution < -0.4 is 4.74 Å². The smallest absolute Gasteiger partial charge is 0.202 e. The van der Waals surface area contributed by atoms with Crippen LogP contribution in [-0.4, -0.2) is 15.5 Å². The van der Waals surface area contributed by atoms with Crippen LogP contribution in [0.25, 0.3) is 0 Å². The van der Waals surface area contributed by atoms with E-state index in [9.17, 15) is 8.42 Å². The van der Waals surface area contributed by atoms with E-state index in [2.05, 4.69) is 0 Å². The fourth-order valence-corrected chi connectivity index (χ4v) is 2.54. The topological polar surface area (TPSA) is 43.4 Å². The van der Waals surface area contributed by atoms with Crippen LogP contribution in [0.15, 0.2) is 39.1 Å². The van der Waals surface area contributed by atoms with Crippen LogP contribution in [0.4, 0.5) is 0 Å². The second-order valence-corrected chi connectivity index (χ2v) is 5.43. The van der Waals surface area contributed by atoms with Crippen molar-refractivity contribution in [1.82, 2.24) is 0 Å². The third kappa shape index (κ3) is 3.41. The van der Waals surface area contributed by atoms with Gasteiger partial charge in [0.2, 0.25) is 9.84 Å². The van der Waals surface area contributed by atoms with Gasteiger partial charge in [0, 0.05) is 0 Å². The van der Waals surface area contributed by atoms with Gasteiger partial charge in [0.15, 0.2) is 0 Å². The Labute approximate surface area is 98.2 Å². The highest BCUT2D eigenvalue weighted by Gasteiger charge is 2.11. The lowest BCUT2D eigenvalue weighted by molar-refractivity contribution is 0.414. The summed E-state index contributed by atoms with van der Waals surface area (Å²) in [5.41, 5.74) is 0. The largest absolute Gasteiger partial charge is 0.497 e. The molecular formula is C9H8Cl2O3S. The summed E-state index contributed by atoms with van der Waals surface area (Å²) in [6.07, 6.45) is 0. The molecule has 0 saturated heterocycles. The molecule has 0 aromatic heterocycles. The number of benzene rings is 1. The van der Waals surface area contributed by atoms with Gasteiger partial charge in [-0.05, 0) is 24.3 Å². The molecule has 0 spiro atoms. The number of rotatable bonds is 3. The molecule has 1 rings (SSSR count). The molecule has 3 nitrogen and oxygen atoms in total. The molecule has 0 amide bonds. The standard InChI is InChI=1S/C9H8Cl2O3S/c1-14-7-2-4-8(5-3-7)15(12,13)6-9(10)11/h2-6H,1H3. The van der Waals surface area contributed by atoms with Crippen LogP contribution in [-0.2, 0) is 9.84 Å². The normalized spacial score (nSPS) is 10.9. The second kappa shape index (κ2) is 4.88. The van der Waals surface area contributed by atoms with E-state index in [1.54, 1.807) is 12.1 Å². The molecule has 1 aromatic carbocycles. The molecule has 0 saturated carbocycles. The predicted octanol–water partition coefficient (Wildman–Crippen LogP) is 2.75. The van der Waals surface area contributed by atoms with Gasteiger partial charge in [-0.1, -0.05) is 23.2 Å². The fourth-order valence-electron chi connectivity index (χ4n) is 0.951. The van der Waals surface area contributed by atoms with Crippen molar-refractivity contribution in [2.75, 3.05) is 7.11 Å².